The van der Waals surface area contributed by atoms with Gasteiger partial charge >= 0.3 is 6.03 Å². The zero-order chi connectivity index (χ0) is 17.6. The Balaban J connectivity index is 1.50. The van der Waals surface area contributed by atoms with Crippen molar-refractivity contribution in [1.82, 2.24) is 14.8 Å². The van der Waals surface area contributed by atoms with Crippen molar-refractivity contribution in [2.75, 3.05) is 11.9 Å². The highest BCUT2D eigenvalue weighted by Gasteiger charge is 2.52. The summed E-state index contributed by atoms with van der Waals surface area (Å²) in [6, 6.07) is 7.09. The molecule has 1 aromatic heterocycles. The number of hydrogen-bond donors (Lipinski definition) is 2. The minimum atomic E-state index is -0.781. The van der Waals surface area contributed by atoms with E-state index in [1.165, 1.54) is 0 Å². The summed E-state index contributed by atoms with van der Waals surface area (Å²) in [7, 11) is 1.93. The van der Waals surface area contributed by atoms with E-state index in [0.717, 1.165) is 28.6 Å². The summed E-state index contributed by atoms with van der Waals surface area (Å²) in [4.78, 5) is 38.2. The Morgan fingerprint density at radius 1 is 1.24 bits per heavy atom. The topological polar surface area (TPSA) is 83.4 Å². The molecule has 1 spiro atoms. The Kier molecular flexibility index (Phi) is 3.52. The molecule has 130 valence electrons. The first-order valence-corrected chi connectivity index (χ1v) is 8.48. The van der Waals surface area contributed by atoms with Crippen molar-refractivity contribution in [2.45, 2.75) is 31.2 Å². The van der Waals surface area contributed by atoms with Gasteiger partial charge in [0.15, 0.2) is 0 Å². The number of aryl methyl sites for hydroxylation is 1. The number of nitrogens with one attached hydrogen (secondary N) is 2. The number of benzene rings is 1. The predicted octanol–water partition coefficient (Wildman–Crippen LogP) is 1.98. The standard InChI is InChI=1S/C18H20N4O3/c1-21-10-7-12-13(5-4-6-14(12)21)19-15(23)11-22-16(24)18(20-17(22)25)8-2-3-9-18/h4-7,10H,2-3,8-9,11H2,1H3,(H,19,23)(H,20,25). The van der Waals surface area contributed by atoms with Gasteiger partial charge in [-0.25, -0.2) is 4.79 Å². The van der Waals surface area contributed by atoms with Gasteiger partial charge < -0.3 is 15.2 Å². The summed E-state index contributed by atoms with van der Waals surface area (Å²) in [5, 5.41) is 6.52. The van der Waals surface area contributed by atoms with Gasteiger partial charge in [0, 0.05) is 24.1 Å². The SMILES string of the molecule is Cn1ccc2c(NC(=O)CN3C(=O)NC4(CCCC4)C3=O)cccc21. The molecule has 0 bridgehead atoms. The molecule has 25 heavy (non-hydrogen) atoms. The molecule has 1 saturated carbocycles. The maximum atomic E-state index is 12.6. The number of imide groups is 1. The molecule has 1 saturated heterocycles. The molecular weight excluding hydrogens is 320 g/mol. The molecular formula is C18H20N4O3. The number of hydrogen-bond acceptors (Lipinski definition) is 3. The van der Waals surface area contributed by atoms with Crippen molar-refractivity contribution in [3.63, 3.8) is 0 Å². The molecule has 1 aromatic carbocycles. The molecule has 4 amide bonds. The van der Waals surface area contributed by atoms with Crippen LogP contribution in [0.25, 0.3) is 10.9 Å². The highest BCUT2D eigenvalue weighted by Crippen LogP contribution is 2.35. The highest BCUT2D eigenvalue weighted by atomic mass is 16.2. The second-order valence-electron chi connectivity index (χ2n) is 6.82. The van der Waals surface area contributed by atoms with Crippen LogP contribution < -0.4 is 10.6 Å². The molecule has 0 atom stereocenters. The third-order valence-electron chi connectivity index (χ3n) is 5.21. The zero-order valence-electron chi connectivity index (χ0n) is 14.0. The van der Waals surface area contributed by atoms with Gasteiger partial charge in [0.05, 0.1) is 5.69 Å². The number of amides is 4. The average molecular weight is 340 g/mol. The molecule has 1 aliphatic carbocycles. The maximum Gasteiger partial charge on any atom is 0.325 e. The second kappa shape index (κ2) is 5.61. The minimum Gasteiger partial charge on any atom is -0.350 e. The summed E-state index contributed by atoms with van der Waals surface area (Å²) < 4.78 is 1.96. The van der Waals surface area contributed by atoms with E-state index < -0.39 is 11.6 Å². The van der Waals surface area contributed by atoms with E-state index in [1.54, 1.807) is 0 Å². The lowest BCUT2D eigenvalue weighted by Gasteiger charge is -2.19. The van der Waals surface area contributed by atoms with Gasteiger partial charge in [-0.1, -0.05) is 18.9 Å². The molecule has 2 heterocycles. The van der Waals surface area contributed by atoms with Crippen molar-refractivity contribution >= 4 is 34.4 Å². The molecule has 4 rings (SSSR count). The van der Waals surface area contributed by atoms with Gasteiger partial charge in [-0.3, -0.25) is 14.5 Å². The molecule has 7 heteroatoms. The molecule has 2 aromatic rings. The molecule has 2 N–H and O–H groups in total. The first-order chi connectivity index (χ1) is 12.0. The highest BCUT2D eigenvalue weighted by molar-refractivity contribution is 6.11. The van der Waals surface area contributed by atoms with Crippen LogP contribution in [-0.2, 0) is 16.6 Å². The number of urea groups is 1. The van der Waals surface area contributed by atoms with Gasteiger partial charge in [-0.15, -0.1) is 0 Å². The largest absolute Gasteiger partial charge is 0.350 e. The Labute approximate surface area is 145 Å². The summed E-state index contributed by atoms with van der Waals surface area (Å²) in [5.74, 6) is -0.655. The number of carbonyl (C=O) groups is 3. The van der Waals surface area contributed by atoms with Crippen LogP contribution in [0.5, 0.6) is 0 Å². The van der Waals surface area contributed by atoms with E-state index in [0.29, 0.717) is 18.5 Å². The fourth-order valence-electron chi connectivity index (χ4n) is 3.88. The van der Waals surface area contributed by atoms with Crippen molar-refractivity contribution in [1.29, 1.82) is 0 Å². The van der Waals surface area contributed by atoms with Crippen LogP contribution in [0.3, 0.4) is 0 Å². The van der Waals surface area contributed by atoms with Gasteiger partial charge in [0.25, 0.3) is 5.91 Å². The fourth-order valence-corrected chi connectivity index (χ4v) is 3.88. The zero-order valence-corrected chi connectivity index (χ0v) is 14.0. The van der Waals surface area contributed by atoms with Crippen LogP contribution in [0.1, 0.15) is 25.7 Å². The Bertz CT molecular complexity index is 880. The third-order valence-corrected chi connectivity index (χ3v) is 5.21. The van der Waals surface area contributed by atoms with Crippen LogP contribution in [0.15, 0.2) is 30.5 Å². The molecule has 1 aliphatic heterocycles. The molecule has 2 aliphatic rings. The second-order valence-corrected chi connectivity index (χ2v) is 6.82. The maximum absolute atomic E-state index is 12.6. The van der Waals surface area contributed by atoms with E-state index in [1.807, 2.05) is 42.1 Å². The minimum absolute atomic E-state index is 0.268. The summed E-state index contributed by atoms with van der Waals surface area (Å²) >= 11 is 0. The van der Waals surface area contributed by atoms with Crippen molar-refractivity contribution in [3.8, 4) is 0 Å². The molecule has 0 radical (unpaired) electrons. The number of anilines is 1. The molecule has 0 unspecified atom stereocenters. The lowest BCUT2D eigenvalue weighted by Crippen LogP contribution is -2.44. The van der Waals surface area contributed by atoms with Gasteiger partial charge in [-0.2, -0.15) is 0 Å². The van der Waals surface area contributed by atoms with Crippen molar-refractivity contribution in [2.24, 2.45) is 7.05 Å². The number of fused-ring (bicyclic) bond motifs is 1. The Morgan fingerprint density at radius 2 is 2.00 bits per heavy atom. The monoisotopic (exact) mass is 340 g/mol. The summed E-state index contributed by atoms with van der Waals surface area (Å²) in [5.41, 5.74) is 0.889. The van der Waals surface area contributed by atoms with Gasteiger partial charge in [0.1, 0.15) is 12.1 Å². The van der Waals surface area contributed by atoms with E-state index in [-0.39, 0.29) is 18.4 Å². The average Bonchev–Trinajstić information content (AvgIpc) is 3.25. The predicted molar refractivity (Wildman–Crippen MR) is 93.0 cm³/mol. The summed E-state index contributed by atoms with van der Waals surface area (Å²) in [6.07, 6.45) is 5.06. The van der Waals surface area contributed by atoms with E-state index in [4.69, 9.17) is 0 Å². The first kappa shape index (κ1) is 15.7. The van der Waals surface area contributed by atoms with Crippen LogP contribution in [-0.4, -0.2) is 39.4 Å². The lowest BCUT2D eigenvalue weighted by atomic mass is 9.98. The Morgan fingerprint density at radius 3 is 2.76 bits per heavy atom. The summed E-state index contributed by atoms with van der Waals surface area (Å²) in [6.45, 7) is -0.268. The van der Waals surface area contributed by atoms with Crippen molar-refractivity contribution < 1.29 is 14.4 Å². The van der Waals surface area contributed by atoms with Crippen LogP contribution >= 0.6 is 0 Å². The Hall–Kier alpha value is -2.83. The number of rotatable bonds is 3. The number of aromatic nitrogens is 1. The first-order valence-electron chi connectivity index (χ1n) is 8.48. The van der Waals surface area contributed by atoms with Gasteiger partial charge in [0.2, 0.25) is 5.91 Å². The van der Waals surface area contributed by atoms with Crippen molar-refractivity contribution in [3.05, 3.63) is 30.5 Å². The van der Waals surface area contributed by atoms with Crippen LogP contribution in [0.4, 0.5) is 10.5 Å². The van der Waals surface area contributed by atoms with E-state index >= 15 is 0 Å². The molecule has 7 nitrogen and oxygen atoms in total. The smallest absolute Gasteiger partial charge is 0.325 e. The van der Waals surface area contributed by atoms with Crippen LogP contribution in [0, 0.1) is 0 Å². The number of nitrogens with zero attached hydrogens (tertiary/aromatic N) is 2. The van der Waals surface area contributed by atoms with Gasteiger partial charge in [-0.05, 0) is 31.0 Å². The quantitative estimate of drug-likeness (QED) is 0.838. The fraction of sp³-hybridized carbons (Fsp3) is 0.389. The molecule has 2 fully saturated rings. The third kappa shape index (κ3) is 2.47. The van der Waals surface area contributed by atoms with E-state index in [2.05, 4.69) is 10.6 Å². The number of carbonyl (C=O) groups excluding carboxylic acids is 3. The van der Waals surface area contributed by atoms with Crippen LogP contribution in [0.2, 0.25) is 0 Å². The lowest BCUT2D eigenvalue weighted by molar-refractivity contribution is -0.133. The van der Waals surface area contributed by atoms with E-state index in [9.17, 15) is 14.4 Å². The normalized spacial score (nSPS) is 19.0.